The Morgan fingerprint density at radius 1 is 1.03 bits per heavy atom. The molecule has 2 aromatic carbocycles. The third-order valence-electron chi connectivity index (χ3n) is 4.59. The van der Waals surface area contributed by atoms with Crippen molar-refractivity contribution in [1.82, 2.24) is 10.3 Å². The second-order valence-corrected chi connectivity index (χ2v) is 11.4. The van der Waals surface area contributed by atoms with E-state index in [1.54, 1.807) is 51.1 Å². The van der Waals surface area contributed by atoms with Crippen LogP contribution in [0.4, 0.5) is 9.93 Å². The third-order valence-corrected chi connectivity index (χ3v) is 6.79. The van der Waals surface area contributed by atoms with Crippen LogP contribution in [0.2, 0.25) is 0 Å². The van der Waals surface area contributed by atoms with Gasteiger partial charge in [0.15, 0.2) is 5.13 Å². The summed E-state index contributed by atoms with van der Waals surface area (Å²) in [6.45, 7) is 5.90. The lowest BCUT2D eigenvalue weighted by Gasteiger charge is -2.19. The Balaban J connectivity index is 1.45. The highest BCUT2D eigenvalue weighted by Crippen LogP contribution is 2.30. The highest BCUT2D eigenvalue weighted by molar-refractivity contribution is 7.87. The van der Waals surface area contributed by atoms with Gasteiger partial charge >= 0.3 is 16.2 Å². The average molecular weight is 520 g/mol. The molecule has 0 aliphatic carbocycles. The molecule has 11 heteroatoms. The van der Waals surface area contributed by atoms with Crippen LogP contribution in [0, 0.1) is 0 Å². The summed E-state index contributed by atoms with van der Waals surface area (Å²) in [5, 5.41) is 5.90. The zero-order valence-corrected chi connectivity index (χ0v) is 21.5. The van der Waals surface area contributed by atoms with Gasteiger partial charge in [0.25, 0.3) is 0 Å². The van der Waals surface area contributed by atoms with Crippen molar-refractivity contribution in [2.45, 2.75) is 57.0 Å². The van der Waals surface area contributed by atoms with Gasteiger partial charge in [-0.3, -0.25) is 4.79 Å². The van der Waals surface area contributed by atoms with Gasteiger partial charge in [0.2, 0.25) is 5.91 Å². The Morgan fingerprint density at radius 2 is 1.77 bits per heavy atom. The molecule has 0 atom stereocenters. The summed E-state index contributed by atoms with van der Waals surface area (Å²) >= 11 is 1.24. The Labute approximate surface area is 209 Å². The number of fused-ring (bicyclic) bond motifs is 1. The number of aromatic nitrogens is 1. The number of thiazole rings is 1. The van der Waals surface area contributed by atoms with E-state index in [4.69, 9.17) is 8.92 Å². The molecule has 35 heavy (non-hydrogen) atoms. The van der Waals surface area contributed by atoms with E-state index in [2.05, 4.69) is 15.6 Å². The minimum absolute atomic E-state index is 0.0676. The number of nitrogens with one attached hydrogen (secondary N) is 2. The van der Waals surface area contributed by atoms with Crippen molar-refractivity contribution < 1.29 is 26.9 Å². The van der Waals surface area contributed by atoms with Gasteiger partial charge in [-0.2, -0.15) is 8.42 Å². The Hall–Kier alpha value is -3.18. The number of anilines is 1. The van der Waals surface area contributed by atoms with E-state index in [0.29, 0.717) is 34.7 Å². The van der Waals surface area contributed by atoms with E-state index in [-0.39, 0.29) is 16.6 Å². The Morgan fingerprint density at radius 3 is 2.49 bits per heavy atom. The fourth-order valence-electron chi connectivity index (χ4n) is 3.05. The second-order valence-electron chi connectivity index (χ2n) is 8.79. The van der Waals surface area contributed by atoms with Crippen LogP contribution in [0.5, 0.6) is 5.75 Å². The van der Waals surface area contributed by atoms with E-state index < -0.39 is 21.8 Å². The number of benzene rings is 2. The normalized spacial score (nSPS) is 11.7. The van der Waals surface area contributed by atoms with Gasteiger partial charge in [0.05, 0.1) is 10.2 Å². The van der Waals surface area contributed by atoms with Gasteiger partial charge < -0.3 is 19.6 Å². The fraction of sp³-hybridized carbons (Fsp3) is 0.375. The predicted molar refractivity (Wildman–Crippen MR) is 135 cm³/mol. The zero-order chi connectivity index (χ0) is 25.5. The molecule has 0 fully saturated rings. The standard InChI is InChI=1S/C24H29N3O6S2/c1-24(2,3)32-23(29)25-15-9-5-8-12-21(28)27-22-26-19-14-13-17(16-20(19)34-22)33-35(30,31)18-10-6-4-7-11-18/h4,6-7,10-11,13-14,16H,5,8-9,12,15H2,1-3H3,(H,25,29)(H,26,27,28). The number of ether oxygens (including phenoxy) is 1. The number of nitrogens with zero attached hydrogens (tertiary/aromatic N) is 1. The highest BCUT2D eigenvalue weighted by atomic mass is 32.2. The van der Waals surface area contributed by atoms with Crippen LogP contribution in [-0.4, -0.2) is 37.5 Å². The van der Waals surface area contributed by atoms with Crippen LogP contribution < -0.4 is 14.8 Å². The summed E-state index contributed by atoms with van der Waals surface area (Å²) in [5.41, 5.74) is 0.0973. The first-order chi connectivity index (χ1) is 16.5. The molecular weight excluding hydrogens is 490 g/mol. The van der Waals surface area contributed by atoms with Gasteiger partial charge in [-0.25, -0.2) is 9.78 Å². The van der Waals surface area contributed by atoms with Gasteiger partial charge in [-0.1, -0.05) is 36.0 Å². The number of hydrogen-bond acceptors (Lipinski definition) is 8. The summed E-state index contributed by atoms with van der Waals surface area (Å²) in [6.07, 6.45) is 2.06. The topological polar surface area (TPSA) is 124 Å². The highest BCUT2D eigenvalue weighted by Gasteiger charge is 2.17. The van der Waals surface area contributed by atoms with Crippen LogP contribution in [0.15, 0.2) is 53.4 Å². The smallest absolute Gasteiger partial charge is 0.407 e. The molecule has 3 rings (SSSR count). The molecule has 0 saturated carbocycles. The van der Waals surface area contributed by atoms with Crippen molar-refractivity contribution in [2.24, 2.45) is 0 Å². The monoisotopic (exact) mass is 519 g/mol. The van der Waals surface area contributed by atoms with Crippen molar-refractivity contribution in [3.8, 4) is 5.75 Å². The number of rotatable bonds is 10. The molecular formula is C24H29N3O6S2. The fourth-order valence-corrected chi connectivity index (χ4v) is 4.90. The van der Waals surface area contributed by atoms with Crippen LogP contribution in [0.25, 0.3) is 10.2 Å². The maximum Gasteiger partial charge on any atom is 0.407 e. The van der Waals surface area contributed by atoms with Crippen LogP contribution >= 0.6 is 11.3 Å². The number of alkyl carbamates (subject to hydrolysis) is 1. The van der Waals surface area contributed by atoms with Gasteiger partial charge in [0, 0.05) is 19.0 Å². The summed E-state index contributed by atoms with van der Waals surface area (Å²) in [7, 11) is -3.94. The molecule has 188 valence electrons. The first kappa shape index (κ1) is 26.4. The van der Waals surface area contributed by atoms with Gasteiger partial charge in [-0.15, -0.1) is 0 Å². The van der Waals surface area contributed by atoms with Crippen molar-refractivity contribution in [3.63, 3.8) is 0 Å². The molecule has 0 aliphatic heterocycles. The molecule has 0 bridgehead atoms. The first-order valence-corrected chi connectivity index (χ1v) is 13.4. The van der Waals surface area contributed by atoms with Crippen LogP contribution in [0.1, 0.15) is 46.5 Å². The average Bonchev–Trinajstić information content (AvgIpc) is 3.16. The van der Waals surface area contributed by atoms with Crippen LogP contribution in [-0.2, 0) is 19.6 Å². The molecule has 2 amide bonds. The summed E-state index contributed by atoms with van der Waals surface area (Å²) in [4.78, 5) is 28.3. The number of unbranched alkanes of at least 4 members (excludes halogenated alkanes) is 2. The van der Waals surface area contributed by atoms with E-state index in [1.165, 1.54) is 29.5 Å². The number of amides is 2. The lowest BCUT2D eigenvalue weighted by Crippen LogP contribution is -2.33. The summed E-state index contributed by atoms with van der Waals surface area (Å²) < 4.78 is 35.9. The molecule has 2 N–H and O–H groups in total. The van der Waals surface area contributed by atoms with Crippen molar-refractivity contribution in [1.29, 1.82) is 0 Å². The van der Waals surface area contributed by atoms with E-state index in [1.807, 2.05) is 0 Å². The predicted octanol–water partition coefficient (Wildman–Crippen LogP) is 5.09. The molecule has 1 heterocycles. The Kier molecular flexibility index (Phi) is 8.68. The largest absolute Gasteiger partial charge is 0.444 e. The minimum Gasteiger partial charge on any atom is -0.444 e. The number of carbonyl (C=O) groups is 2. The van der Waals surface area contributed by atoms with Crippen molar-refractivity contribution >= 4 is 48.8 Å². The third kappa shape index (κ3) is 8.52. The van der Waals surface area contributed by atoms with E-state index in [9.17, 15) is 18.0 Å². The lowest BCUT2D eigenvalue weighted by molar-refractivity contribution is -0.116. The number of carbonyl (C=O) groups excluding carboxylic acids is 2. The number of hydrogen-bond donors (Lipinski definition) is 2. The molecule has 0 aliphatic rings. The minimum atomic E-state index is -3.94. The maximum atomic E-state index is 12.4. The Bertz CT molecular complexity index is 1270. The lowest BCUT2D eigenvalue weighted by atomic mass is 10.2. The molecule has 0 radical (unpaired) electrons. The molecule has 0 unspecified atom stereocenters. The molecule has 0 saturated heterocycles. The molecule has 0 spiro atoms. The maximum absolute atomic E-state index is 12.4. The summed E-state index contributed by atoms with van der Waals surface area (Å²) in [5.74, 6) is 0.00940. The molecule has 9 nitrogen and oxygen atoms in total. The van der Waals surface area contributed by atoms with Crippen molar-refractivity contribution in [2.75, 3.05) is 11.9 Å². The van der Waals surface area contributed by atoms with Crippen LogP contribution in [0.3, 0.4) is 0 Å². The van der Waals surface area contributed by atoms with Gasteiger partial charge in [0.1, 0.15) is 16.2 Å². The summed E-state index contributed by atoms with van der Waals surface area (Å²) in [6, 6.07) is 12.7. The van der Waals surface area contributed by atoms with Gasteiger partial charge in [-0.05, 0) is 57.9 Å². The SMILES string of the molecule is CC(C)(C)OC(=O)NCCCCCC(=O)Nc1nc2ccc(OS(=O)(=O)c3ccccc3)cc2s1. The molecule has 1 aromatic heterocycles. The first-order valence-electron chi connectivity index (χ1n) is 11.2. The molecule has 3 aromatic rings. The van der Waals surface area contributed by atoms with E-state index >= 15 is 0 Å². The van der Waals surface area contributed by atoms with Crippen molar-refractivity contribution in [3.05, 3.63) is 48.5 Å². The van der Waals surface area contributed by atoms with E-state index in [0.717, 1.165) is 12.8 Å². The second kappa shape index (κ2) is 11.5. The quantitative estimate of drug-likeness (QED) is 0.282. The zero-order valence-electron chi connectivity index (χ0n) is 19.9.